The Morgan fingerprint density at radius 2 is 2.27 bits per heavy atom. The first-order valence-electron chi connectivity index (χ1n) is 7.10. The molecule has 0 aromatic carbocycles. The highest BCUT2D eigenvalue weighted by Gasteiger charge is 2.38. The summed E-state index contributed by atoms with van der Waals surface area (Å²) in [6, 6.07) is 0.808. The number of hydrogen-bond acceptors (Lipinski definition) is 4. The van der Waals surface area contributed by atoms with Gasteiger partial charge in [0.2, 0.25) is 5.88 Å². The van der Waals surface area contributed by atoms with E-state index in [-0.39, 0.29) is 12.3 Å². The molecule has 1 aromatic heterocycles. The lowest BCUT2D eigenvalue weighted by atomic mass is 10.1. The summed E-state index contributed by atoms with van der Waals surface area (Å²) in [5.41, 5.74) is -0.0236. The van der Waals surface area contributed by atoms with E-state index in [4.69, 9.17) is 9.47 Å². The first-order chi connectivity index (χ1) is 10.4. The van der Waals surface area contributed by atoms with Gasteiger partial charge in [-0.05, 0) is 12.8 Å². The van der Waals surface area contributed by atoms with E-state index in [0.717, 1.165) is 4.90 Å². The summed E-state index contributed by atoms with van der Waals surface area (Å²) >= 11 is 0. The molecule has 1 saturated heterocycles. The van der Waals surface area contributed by atoms with E-state index in [9.17, 15) is 18.0 Å². The minimum Gasteiger partial charge on any atom is -0.476 e. The lowest BCUT2D eigenvalue weighted by Gasteiger charge is -2.34. The van der Waals surface area contributed by atoms with Gasteiger partial charge in [-0.1, -0.05) is 0 Å². The molecule has 1 atom stereocenters. The maximum Gasteiger partial charge on any atom is 0.406 e. The molecule has 3 heterocycles. The van der Waals surface area contributed by atoms with Crippen LogP contribution in [-0.2, 0) is 11.3 Å². The topological polar surface area (TPSA) is 56.6 Å². The Bertz CT molecular complexity index is 531. The highest BCUT2D eigenvalue weighted by atomic mass is 19.4. The first kappa shape index (κ1) is 15.1. The average Bonchev–Trinajstić information content (AvgIpc) is 3.05. The van der Waals surface area contributed by atoms with Crippen molar-refractivity contribution in [3.05, 3.63) is 11.8 Å². The quantitative estimate of drug-likeness (QED) is 0.846. The molecule has 1 aromatic rings. The number of aromatic nitrogens is 2. The number of nitrogens with zero attached hydrogens (tertiary/aromatic N) is 3. The molecule has 0 saturated carbocycles. The van der Waals surface area contributed by atoms with Crippen molar-refractivity contribution in [1.29, 1.82) is 0 Å². The van der Waals surface area contributed by atoms with Gasteiger partial charge in [-0.15, -0.1) is 0 Å². The van der Waals surface area contributed by atoms with Crippen molar-refractivity contribution in [2.24, 2.45) is 0 Å². The van der Waals surface area contributed by atoms with Crippen molar-refractivity contribution in [3.8, 4) is 5.88 Å². The number of fused-ring (bicyclic) bond motifs is 1. The van der Waals surface area contributed by atoms with E-state index in [0.29, 0.717) is 38.5 Å². The molecular formula is C13H16F3N3O3. The third-order valence-electron chi connectivity index (χ3n) is 3.70. The average molecular weight is 319 g/mol. The molecule has 1 fully saturated rings. The Labute approximate surface area is 124 Å². The number of rotatable bonds is 3. The molecule has 2 aliphatic rings. The summed E-state index contributed by atoms with van der Waals surface area (Å²) < 4.78 is 50.4. The van der Waals surface area contributed by atoms with Crippen LogP contribution >= 0.6 is 0 Å². The zero-order chi connectivity index (χ0) is 15.7. The molecule has 3 rings (SSSR count). The van der Waals surface area contributed by atoms with Crippen LogP contribution in [-0.4, -0.2) is 59.2 Å². The van der Waals surface area contributed by atoms with Crippen LogP contribution in [0.5, 0.6) is 5.88 Å². The highest BCUT2D eigenvalue weighted by molar-refractivity contribution is 5.93. The monoisotopic (exact) mass is 319 g/mol. The molecule has 0 N–H and O–H groups in total. The van der Waals surface area contributed by atoms with Gasteiger partial charge < -0.3 is 14.4 Å². The molecule has 6 nitrogen and oxygen atoms in total. The molecule has 0 radical (unpaired) electrons. The summed E-state index contributed by atoms with van der Waals surface area (Å²) in [7, 11) is 0. The van der Waals surface area contributed by atoms with Crippen molar-refractivity contribution in [1.82, 2.24) is 14.7 Å². The Hall–Kier alpha value is -1.77. The number of carbonyl (C=O) groups is 1. The first-order valence-corrected chi connectivity index (χ1v) is 7.10. The predicted molar refractivity (Wildman–Crippen MR) is 68.7 cm³/mol. The predicted octanol–water partition coefficient (Wildman–Crippen LogP) is 1.46. The summed E-state index contributed by atoms with van der Waals surface area (Å²) in [4.78, 5) is 13.3. The van der Waals surface area contributed by atoms with Crippen molar-refractivity contribution < 1.29 is 27.4 Å². The van der Waals surface area contributed by atoms with E-state index in [1.54, 1.807) is 0 Å². The minimum atomic E-state index is -4.47. The smallest absolute Gasteiger partial charge is 0.406 e. The normalized spacial score (nSPS) is 21.3. The number of halogens is 3. The minimum absolute atomic E-state index is 0.0236. The van der Waals surface area contributed by atoms with Crippen molar-refractivity contribution in [3.63, 3.8) is 0 Å². The molecule has 122 valence electrons. The van der Waals surface area contributed by atoms with Gasteiger partial charge in [-0.25, -0.2) is 4.68 Å². The summed E-state index contributed by atoms with van der Waals surface area (Å²) in [6.07, 6.45) is -3.34. The van der Waals surface area contributed by atoms with Crippen LogP contribution < -0.4 is 4.74 Å². The largest absolute Gasteiger partial charge is 0.476 e. The number of carbonyl (C=O) groups excluding carboxylic acids is 1. The van der Waals surface area contributed by atoms with Crippen LogP contribution in [0.4, 0.5) is 13.2 Å². The Balaban J connectivity index is 1.81. The van der Waals surface area contributed by atoms with Crippen molar-refractivity contribution in [2.45, 2.75) is 31.6 Å². The summed E-state index contributed by atoms with van der Waals surface area (Å²) in [5.74, 6) is -0.325. The van der Waals surface area contributed by atoms with Gasteiger partial charge in [0.25, 0.3) is 5.91 Å². The van der Waals surface area contributed by atoms with E-state index in [2.05, 4.69) is 5.10 Å². The van der Waals surface area contributed by atoms with Gasteiger partial charge in [0.05, 0.1) is 19.2 Å². The van der Waals surface area contributed by atoms with Gasteiger partial charge in [0.15, 0.2) is 5.69 Å². The van der Waals surface area contributed by atoms with Crippen LogP contribution in [0.3, 0.4) is 0 Å². The van der Waals surface area contributed by atoms with Crippen molar-refractivity contribution >= 4 is 5.91 Å². The van der Waals surface area contributed by atoms with Crippen LogP contribution in [0.2, 0.25) is 0 Å². The Kier molecular flexibility index (Phi) is 3.98. The molecule has 1 unspecified atom stereocenters. The van der Waals surface area contributed by atoms with E-state index in [1.807, 2.05) is 0 Å². The lowest BCUT2D eigenvalue weighted by Crippen LogP contribution is -2.49. The third-order valence-corrected chi connectivity index (χ3v) is 3.70. The van der Waals surface area contributed by atoms with Crippen LogP contribution in [0, 0.1) is 0 Å². The van der Waals surface area contributed by atoms with Gasteiger partial charge in [-0.3, -0.25) is 4.79 Å². The Morgan fingerprint density at radius 3 is 2.91 bits per heavy atom. The summed E-state index contributed by atoms with van der Waals surface area (Å²) in [5, 5.41) is 4.03. The van der Waals surface area contributed by atoms with Crippen molar-refractivity contribution in [2.75, 3.05) is 26.4 Å². The molecule has 0 bridgehead atoms. The van der Waals surface area contributed by atoms with Crippen LogP contribution in [0.25, 0.3) is 0 Å². The van der Waals surface area contributed by atoms with Crippen LogP contribution in [0.1, 0.15) is 23.3 Å². The van der Waals surface area contributed by atoms with Gasteiger partial charge in [0.1, 0.15) is 13.2 Å². The molecule has 22 heavy (non-hydrogen) atoms. The zero-order valence-corrected chi connectivity index (χ0v) is 11.8. The fourth-order valence-electron chi connectivity index (χ4n) is 2.69. The van der Waals surface area contributed by atoms with Crippen LogP contribution in [0.15, 0.2) is 6.07 Å². The van der Waals surface area contributed by atoms with Gasteiger partial charge in [-0.2, -0.15) is 18.3 Å². The second-order valence-electron chi connectivity index (χ2n) is 5.36. The molecule has 0 aliphatic carbocycles. The maximum atomic E-state index is 12.8. The summed E-state index contributed by atoms with van der Waals surface area (Å²) in [6.45, 7) is 0.278. The second kappa shape index (κ2) is 5.79. The van der Waals surface area contributed by atoms with E-state index < -0.39 is 24.7 Å². The third kappa shape index (κ3) is 3.18. The van der Waals surface area contributed by atoms with E-state index >= 15 is 0 Å². The lowest BCUT2D eigenvalue weighted by molar-refractivity contribution is -0.148. The van der Waals surface area contributed by atoms with Gasteiger partial charge in [0, 0.05) is 12.7 Å². The van der Waals surface area contributed by atoms with E-state index in [1.165, 1.54) is 10.7 Å². The second-order valence-corrected chi connectivity index (χ2v) is 5.36. The molecule has 1 amide bonds. The molecular weight excluding hydrogens is 303 g/mol. The standard InChI is InChI=1S/C13H16F3N3O3/c14-13(15,16)8-18(9-2-1-4-21-7-9)12(20)10-6-11-19(17-10)3-5-22-11/h6,9H,1-5,7-8H2. The molecule has 2 aliphatic heterocycles. The number of ether oxygens (including phenoxy) is 2. The SMILES string of the molecule is O=C(c1cc2n(n1)CCO2)N(CC(F)(F)F)C1CCCOC1. The highest BCUT2D eigenvalue weighted by Crippen LogP contribution is 2.25. The zero-order valence-electron chi connectivity index (χ0n) is 11.8. The number of alkyl halides is 3. The number of hydrogen-bond donors (Lipinski definition) is 0. The Morgan fingerprint density at radius 1 is 1.45 bits per heavy atom. The maximum absolute atomic E-state index is 12.8. The fourth-order valence-corrected chi connectivity index (χ4v) is 2.69. The van der Waals surface area contributed by atoms with Gasteiger partial charge >= 0.3 is 6.18 Å². The number of amides is 1. The fraction of sp³-hybridized carbons (Fsp3) is 0.692. The molecule has 0 spiro atoms. The molecule has 9 heteroatoms.